The zero-order valence-electron chi connectivity index (χ0n) is 6.47. The summed E-state index contributed by atoms with van der Waals surface area (Å²) in [6.07, 6.45) is 0. The minimum absolute atomic E-state index is 0.388. The molecule has 0 saturated carbocycles. The fourth-order valence-electron chi connectivity index (χ4n) is 0.850. The first-order valence-corrected chi connectivity index (χ1v) is 3.73. The van der Waals surface area contributed by atoms with E-state index in [9.17, 15) is 4.79 Å². The molecule has 0 aliphatic heterocycles. The summed E-state index contributed by atoms with van der Waals surface area (Å²) in [6, 6.07) is 4.76. The fraction of sp³-hybridized carbons (Fsp3) is 0.125. The Balaban J connectivity index is 3.05. The van der Waals surface area contributed by atoms with Crippen LogP contribution in [-0.4, -0.2) is 11.1 Å². The van der Waals surface area contributed by atoms with Gasteiger partial charge in [-0.15, -0.1) is 0 Å². The second-order valence-electron chi connectivity index (χ2n) is 2.40. The van der Waals surface area contributed by atoms with E-state index in [2.05, 4.69) is 0 Å². The molecule has 1 rings (SSSR count). The van der Waals surface area contributed by atoms with Crippen LogP contribution in [0.4, 0.5) is 0 Å². The van der Waals surface area contributed by atoms with Crippen molar-refractivity contribution < 1.29 is 10.0 Å². The van der Waals surface area contributed by atoms with Crippen LogP contribution in [0.25, 0.3) is 0 Å². The molecule has 2 N–H and O–H groups in total. The Labute approximate surface area is 74.9 Å². The van der Waals surface area contributed by atoms with Gasteiger partial charge in [-0.3, -0.25) is 10.0 Å². The minimum Gasteiger partial charge on any atom is -0.288 e. The Bertz CT molecular complexity index is 312. The third-order valence-corrected chi connectivity index (χ3v) is 1.95. The standard InChI is InChI=1S/C8H8ClNO2/c1-5-4-6(8(11)10-12)2-3-7(5)9/h2-4,12H,1H3,(H,10,11). The summed E-state index contributed by atoms with van der Waals surface area (Å²) in [5.41, 5.74) is 2.74. The lowest BCUT2D eigenvalue weighted by molar-refractivity contribution is 0.0706. The molecule has 0 aliphatic rings. The first-order chi connectivity index (χ1) is 5.65. The zero-order chi connectivity index (χ0) is 9.14. The van der Waals surface area contributed by atoms with Gasteiger partial charge >= 0.3 is 0 Å². The van der Waals surface area contributed by atoms with E-state index >= 15 is 0 Å². The SMILES string of the molecule is Cc1cc(C(=O)NO)ccc1Cl. The summed E-state index contributed by atoms with van der Waals surface area (Å²) < 4.78 is 0. The average Bonchev–Trinajstić information content (AvgIpc) is 2.08. The van der Waals surface area contributed by atoms with E-state index in [-0.39, 0.29) is 0 Å². The summed E-state index contributed by atoms with van der Waals surface area (Å²) >= 11 is 5.73. The van der Waals surface area contributed by atoms with Gasteiger partial charge in [0.1, 0.15) is 0 Å². The van der Waals surface area contributed by atoms with Crippen molar-refractivity contribution in [2.75, 3.05) is 0 Å². The molecular weight excluding hydrogens is 178 g/mol. The summed E-state index contributed by atoms with van der Waals surface area (Å²) in [5.74, 6) is -0.533. The van der Waals surface area contributed by atoms with Crippen molar-refractivity contribution in [3.8, 4) is 0 Å². The van der Waals surface area contributed by atoms with Crippen molar-refractivity contribution in [3.63, 3.8) is 0 Å². The highest BCUT2D eigenvalue weighted by Gasteiger charge is 2.04. The van der Waals surface area contributed by atoms with E-state index < -0.39 is 5.91 Å². The second kappa shape index (κ2) is 3.56. The van der Waals surface area contributed by atoms with Crippen LogP contribution >= 0.6 is 11.6 Å². The highest BCUT2D eigenvalue weighted by atomic mass is 35.5. The van der Waals surface area contributed by atoms with Crippen LogP contribution in [-0.2, 0) is 0 Å². The summed E-state index contributed by atoms with van der Waals surface area (Å²) in [5, 5.41) is 8.92. The van der Waals surface area contributed by atoms with Crippen LogP contribution in [0.1, 0.15) is 15.9 Å². The van der Waals surface area contributed by atoms with E-state index in [0.717, 1.165) is 5.56 Å². The number of amides is 1. The van der Waals surface area contributed by atoms with Crippen LogP contribution in [0.2, 0.25) is 5.02 Å². The number of halogens is 1. The molecule has 64 valence electrons. The molecule has 4 heteroatoms. The van der Waals surface area contributed by atoms with Crippen LogP contribution < -0.4 is 5.48 Å². The maximum absolute atomic E-state index is 10.9. The Morgan fingerprint density at radius 1 is 1.58 bits per heavy atom. The molecule has 1 aromatic rings. The molecule has 0 saturated heterocycles. The molecule has 1 aromatic carbocycles. The number of hydroxylamine groups is 1. The van der Waals surface area contributed by atoms with Gasteiger partial charge in [-0.2, -0.15) is 0 Å². The molecule has 3 nitrogen and oxygen atoms in total. The van der Waals surface area contributed by atoms with Crippen molar-refractivity contribution in [1.82, 2.24) is 5.48 Å². The summed E-state index contributed by atoms with van der Waals surface area (Å²) in [6.45, 7) is 1.79. The van der Waals surface area contributed by atoms with Gasteiger partial charge in [0.25, 0.3) is 5.91 Å². The molecule has 0 spiro atoms. The highest BCUT2D eigenvalue weighted by molar-refractivity contribution is 6.31. The maximum Gasteiger partial charge on any atom is 0.274 e. The molecule has 0 aliphatic carbocycles. The molecular formula is C8H8ClNO2. The van der Waals surface area contributed by atoms with E-state index in [0.29, 0.717) is 10.6 Å². The maximum atomic E-state index is 10.9. The van der Waals surface area contributed by atoms with Gasteiger partial charge in [-0.05, 0) is 30.7 Å². The van der Waals surface area contributed by atoms with Crippen LogP contribution in [0.3, 0.4) is 0 Å². The van der Waals surface area contributed by atoms with Gasteiger partial charge < -0.3 is 0 Å². The first kappa shape index (κ1) is 9.03. The molecule has 0 fully saturated rings. The van der Waals surface area contributed by atoms with Gasteiger partial charge in [0.15, 0.2) is 0 Å². The largest absolute Gasteiger partial charge is 0.288 e. The number of hydrogen-bond acceptors (Lipinski definition) is 2. The number of nitrogens with one attached hydrogen (secondary N) is 1. The van der Waals surface area contributed by atoms with Gasteiger partial charge in [0.05, 0.1) is 0 Å². The van der Waals surface area contributed by atoms with Crippen molar-refractivity contribution in [2.24, 2.45) is 0 Å². The Hall–Kier alpha value is -1.06. The topological polar surface area (TPSA) is 49.3 Å². The van der Waals surface area contributed by atoms with Gasteiger partial charge in [0, 0.05) is 10.6 Å². The van der Waals surface area contributed by atoms with E-state index in [1.807, 2.05) is 0 Å². The Kier molecular flexibility index (Phi) is 2.68. The van der Waals surface area contributed by atoms with Crippen molar-refractivity contribution in [2.45, 2.75) is 6.92 Å². The first-order valence-electron chi connectivity index (χ1n) is 3.35. The number of hydrogen-bond donors (Lipinski definition) is 2. The highest BCUT2D eigenvalue weighted by Crippen LogP contribution is 2.15. The second-order valence-corrected chi connectivity index (χ2v) is 2.81. The van der Waals surface area contributed by atoms with Crippen LogP contribution in [0, 0.1) is 6.92 Å². The predicted molar refractivity (Wildman–Crippen MR) is 45.4 cm³/mol. The average molecular weight is 186 g/mol. The third kappa shape index (κ3) is 1.75. The molecule has 0 unspecified atom stereocenters. The molecule has 0 bridgehead atoms. The molecule has 0 aromatic heterocycles. The minimum atomic E-state index is -0.533. The van der Waals surface area contributed by atoms with Crippen LogP contribution in [0.15, 0.2) is 18.2 Å². The Morgan fingerprint density at radius 3 is 2.75 bits per heavy atom. The van der Waals surface area contributed by atoms with E-state index in [1.54, 1.807) is 30.6 Å². The predicted octanol–water partition coefficient (Wildman–Crippen LogP) is 1.77. The van der Waals surface area contributed by atoms with Crippen molar-refractivity contribution in [1.29, 1.82) is 0 Å². The number of carbonyl (C=O) groups excluding carboxylic acids is 1. The number of carbonyl (C=O) groups is 1. The monoisotopic (exact) mass is 185 g/mol. The van der Waals surface area contributed by atoms with Crippen LogP contribution in [0.5, 0.6) is 0 Å². The van der Waals surface area contributed by atoms with Gasteiger partial charge in [-0.25, -0.2) is 5.48 Å². The lowest BCUT2D eigenvalue weighted by Crippen LogP contribution is -2.18. The smallest absolute Gasteiger partial charge is 0.274 e. The normalized spacial score (nSPS) is 9.58. The zero-order valence-corrected chi connectivity index (χ0v) is 7.22. The summed E-state index contributed by atoms with van der Waals surface area (Å²) in [7, 11) is 0. The molecule has 0 radical (unpaired) electrons. The van der Waals surface area contributed by atoms with E-state index in [4.69, 9.17) is 16.8 Å². The lowest BCUT2D eigenvalue weighted by Gasteiger charge is -2.01. The molecule has 12 heavy (non-hydrogen) atoms. The molecule has 1 amide bonds. The number of aryl methyl sites for hydroxylation is 1. The number of benzene rings is 1. The van der Waals surface area contributed by atoms with E-state index in [1.165, 1.54) is 0 Å². The Morgan fingerprint density at radius 2 is 2.25 bits per heavy atom. The van der Waals surface area contributed by atoms with Gasteiger partial charge in [-0.1, -0.05) is 11.6 Å². The lowest BCUT2D eigenvalue weighted by atomic mass is 10.1. The molecule has 0 heterocycles. The fourth-order valence-corrected chi connectivity index (χ4v) is 0.968. The molecule has 0 atom stereocenters. The quantitative estimate of drug-likeness (QED) is 0.518. The van der Waals surface area contributed by atoms with Gasteiger partial charge in [0.2, 0.25) is 0 Å². The van der Waals surface area contributed by atoms with Crippen molar-refractivity contribution >= 4 is 17.5 Å². The summed E-state index contributed by atoms with van der Waals surface area (Å²) in [4.78, 5) is 10.9. The van der Waals surface area contributed by atoms with Crippen molar-refractivity contribution in [3.05, 3.63) is 34.3 Å². The third-order valence-electron chi connectivity index (χ3n) is 1.52. The number of rotatable bonds is 1.